The van der Waals surface area contributed by atoms with E-state index in [4.69, 9.17) is 15.9 Å². The highest BCUT2D eigenvalue weighted by molar-refractivity contribution is 9.10. The van der Waals surface area contributed by atoms with Gasteiger partial charge in [0, 0.05) is 42.5 Å². The molecular weight excluding hydrogens is 306 g/mol. The standard InChI is InChI=1S/C14H20BrN3O/c1-18(9-10-4-6-19-7-5-10)13-3-2-11(15)8-12(13)14(16)17/h2-3,8,10H,4-7,9H2,1H3,(H3,16,17). The molecular formula is C14H20BrN3O. The quantitative estimate of drug-likeness (QED) is 0.660. The molecule has 1 aliphatic rings. The maximum Gasteiger partial charge on any atom is 0.124 e. The van der Waals surface area contributed by atoms with Crippen molar-refractivity contribution in [3.05, 3.63) is 28.2 Å². The van der Waals surface area contributed by atoms with Crippen molar-refractivity contribution >= 4 is 27.5 Å². The maximum absolute atomic E-state index is 7.70. The van der Waals surface area contributed by atoms with E-state index in [1.165, 1.54) is 0 Å². The summed E-state index contributed by atoms with van der Waals surface area (Å²) in [5.74, 6) is 0.761. The first kappa shape index (κ1) is 14.3. The van der Waals surface area contributed by atoms with E-state index in [0.29, 0.717) is 5.92 Å². The summed E-state index contributed by atoms with van der Waals surface area (Å²) in [6, 6.07) is 5.90. The minimum Gasteiger partial charge on any atom is -0.384 e. The third-order valence-electron chi connectivity index (χ3n) is 3.53. The zero-order valence-corrected chi connectivity index (χ0v) is 12.7. The average molecular weight is 326 g/mol. The zero-order valence-electron chi connectivity index (χ0n) is 11.2. The van der Waals surface area contributed by atoms with Crippen molar-refractivity contribution in [3.63, 3.8) is 0 Å². The Morgan fingerprint density at radius 3 is 2.79 bits per heavy atom. The predicted octanol–water partition coefficient (Wildman–Crippen LogP) is 2.60. The Morgan fingerprint density at radius 2 is 2.16 bits per heavy atom. The van der Waals surface area contributed by atoms with E-state index < -0.39 is 0 Å². The van der Waals surface area contributed by atoms with Gasteiger partial charge in [-0.15, -0.1) is 0 Å². The van der Waals surface area contributed by atoms with Crippen molar-refractivity contribution in [2.24, 2.45) is 11.7 Å². The fraction of sp³-hybridized carbons (Fsp3) is 0.500. The van der Waals surface area contributed by atoms with Gasteiger partial charge in [0.25, 0.3) is 0 Å². The third-order valence-corrected chi connectivity index (χ3v) is 4.03. The Bertz CT molecular complexity index is 458. The molecule has 5 heteroatoms. The number of hydrogen-bond acceptors (Lipinski definition) is 3. The SMILES string of the molecule is CN(CC1CCOCC1)c1ccc(Br)cc1C(=N)N. The molecule has 0 atom stereocenters. The Hall–Kier alpha value is -1.07. The van der Waals surface area contributed by atoms with Crippen molar-refractivity contribution in [2.45, 2.75) is 12.8 Å². The summed E-state index contributed by atoms with van der Waals surface area (Å²) in [5.41, 5.74) is 7.47. The van der Waals surface area contributed by atoms with Gasteiger partial charge >= 0.3 is 0 Å². The van der Waals surface area contributed by atoms with Crippen LogP contribution in [0.3, 0.4) is 0 Å². The van der Waals surface area contributed by atoms with Crippen molar-refractivity contribution in [3.8, 4) is 0 Å². The second-order valence-electron chi connectivity index (χ2n) is 5.01. The Morgan fingerprint density at radius 1 is 1.47 bits per heavy atom. The molecule has 0 unspecified atom stereocenters. The zero-order chi connectivity index (χ0) is 13.8. The Labute approximate surface area is 122 Å². The van der Waals surface area contributed by atoms with Crippen LogP contribution in [0.25, 0.3) is 0 Å². The predicted molar refractivity (Wildman–Crippen MR) is 82.0 cm³/mol. The van der Waals surface area contributed by atoms with E-state index in [9.17, 15) is 0 Å². The molecule has 1 aromatic carbocycles. The van der Waals surface area contributed by atoms with Crippen molar-refractivity contribution in [1.82, 2.24) is 0 Å². The summed E-state index contributed by atoms with van der Waals surface area (Å²) in [5, 5.41) is 7.70. The number of benzene rings is 1. The Balaban J connectivity index is 2.13. The lowest BCUT2D eigenvalue weighted by atomic mass is 9.99. The van der Waals surface area contributed by atoms with Crippen molar-refractivity contribution < 1.29 is 4.74 Å². The molecule has 0 aliphatic carbocycles. The highest BCUT2D eigenvalue weighted by Gasteiger charge is 2.18. The topological polar surface area (TPSA) is 62.3 Å². The van der Waals surface area contributed by atoms with Gasteiger partial charge < -0.3 is 15.4 Å². The van der Waals surface area contributed by atoms with Crippen LogP contribution < -0.4 is 10.6 Å². The number of halogens is 1. The van der Waals surface area contributed by atoms with Gasteiger partial charge in [-0.3, -0.25) is 5.41 Å². The largest absolute Gasteiger partial charge is 0.384 e. The van der Waals surface area contributed by atoms with E-state index >= 15 is 0 Å². The maximum atomic E-state index is 7.70. The number of nitrogen functional groups attached to an aromatic ring is 1. The van der Waals surface area contributed by atoms with Gasteiger partial charge in [0.2, 0.25) is 0 Å². The van der Waals surface area contributed by atoms with Gasteiger partial charge in [0.05, 0.1) is 0 Å². The van der Waals surface area contributed by atoms with E-state index in [0.717, 1.165) is 48.3 Å². The van der Waals surface area contributed by atoms with Gasteiger partial charge in [-0.05, 0) is 37.0 Å². The van der Waals surface area contributed by atoms with Crippen LogP contribution in [0.1, 0.15) is 18.4 Å². The summed E-state index contributed by atoms with van der Waals surface area (Å²) < 4.78 is 6.33. The van der Waals surface area contributed by atoms with Crippen molar-refractivity contribution in [2.75, 3.05) is 31.7 Å². The average Bonchev–Trinajstić information content (AvgIpc) is 2.39. The molecule has 4 nitrogen and oxygen atoms in total. The normalized spacial score (nSPS) is 16.3. The third kappa shape index (κ3) is 3.70. The molecule has 1 saturated heterocycles. The molecule has 1 aromatic rings. The van der Waals surface area contributed by atoms with E-state index in [-0.39, 0.29) is 5.84 Å². The number of nitrogens with two attached hydrogens (primary N) is 1. The molecule has 0 amide bonds. The summed E-state index contributed by atoms with van der Waals surface area (Å²) in [4.78, 5) is 2.19. The number of nitrogens with one attached hydrogen (secondary N) is 1. The van der Waals surface area contributed by atoms with Crippen LogP contribution in [0, 0.1) is 11.3 Å². The molecule has 0 bridgehead atoms. The number of nitrogens with zero attached hydrogens (tertiary/aromatic N) is 1. The smallest absolute Gasteiger partial charge is 0.124 e. The highest BCUT2D eigenvalue weighted by atomic mass is 79.9. The highest BCUT2D eigenvalue weighted by Crippen LogP contribution is 2.25. The minimum atomic E-state index is 0.107. The molecule has 104 valence electrons. The monoisotopic (exact) mass is 325 g/mol. The van der Waals surface area contributed by atoms with E-state index in [1.807, 2.05) is 18.2 Å². The van der Waals surface area contributed by atoms with Gasteiger partial charge in [-0.25, -0.2) is 0 Å². The molecule has 1 fully saturated rings. The number of amidine groups is 1. The van der Waals surface area contributed by atoms with Gasteiger partial charge in [-0.1, -0.05) is 15.9 Å². The molecule has 2 rings (SSSR count). The summed E-state index contributed by atoms with van der Waals surface area (Å²) in [6.07, 6.45) is 2.21. The van der Waals surface area contributed by atoms with Crippen LogP contribution in [0.4, 0.5) is 5.69 Å². The number of hydrogen-bond donors (Lipinski definition) is 2. The van der Waals surface area contributed by atoms with Gasteiger partial charge in [0.15, 0.2) is 0 Å². The van der Waals surface area contributed by atoms with Crippen LogP contribution >= 0.6 is 15.9 Å². The first-order valence-corrected chi connectivity index (χ1v) is 7.30. The van der Waals surface area contributed by atoms with E-state index in [2.05, 4.69) is 27.9 Å². The van der Waals surface area contributed by atoms with Crippen LogP contribution in [0.15, 0.2) is 22.7 Å². The lowest BCUT2D eigenvalue weighted by molar-refractivity contribution is 0.0685. The molecule has 0 spiro atoms. The number of ether oxygens (including phenoxy) is 1. The fourth-order valence-corrected chi connectivity index (χ4v) is 2.83. The summed E-state index contributed by atoms with van der Waals surface area (Å²) in [6.45, 7) is 2.70. The first-order valence-electron chi connectivity index (χ1n) is 6.50. The fourth-order valence-electron chi connectivity index (χ4n) is 2.47. The Kier molecular flexibility index (Phi) is 4.82. The second-order valence-corrected chi connectivity index (χ2v) is 5.93. The molecule has 0 radical (unpaired) electrons. The van der Waals surface area contributed by atoms with E-state index in [1.54, 1.807) is 0 Å². The molecule has 0 aromatic heterocycles. The van der Waals surface area contributed by atoms with Crippen LogP contribution in [0.2, 0.25) is 0 Å². The molecule has 19 heavy (non-hydrogen) atoms. The van der Waals surface area contributed by atoms with Crippen molar-refractivity contribution in [1.29, 1.82) is 5.41 Å². The van der Waals surface area contributed by atoms with Crippen LogP contribution in [0.5, 0.6) is 0 Å². The number of rotatable bonds is 4. The molecule has 3 N–H and O–H groups in total. The molecule has 0 saturated carbocycles. The lowest BCUT2D eigenvalue weighted by Gasteiger charge is -2.29. The first-order chi connectivity index (χ1) is 9.08. The number of anilines is 1. The summed E-state index contributed by atoms with van der Waals surface area (Å²) in [7, 11) is 2.06. The van der Waals surface area contributed by atoms with Gasteiger partial charge in [-0.2, -0.15) is 0 Å². The lowest BCUT2D eigenvalue weighted by Crippen LogP contribution is -2.31. The minimum absolute atomic E-state index is 0.107. The summed E-state index contributed by atoms with van der Waals surface area (Å²) >= 11 is 3.42. The molecule has 1 aliphatic heterocycles. The van der Waals surface area contributed by atoms with Gasteiger partial charge in [0.1, 0.15) is 5.84 Å². The molecule has 1 heterocycles. The van der Waals surface area contributed by atoms with Crippen LogP contribution in [-0.2, 0) is 4.74 Å². The second kappa shape index (κ2) is 6.39. The van der Waals surface area contributed by atoms with Crippen LogP contribution in [-0.4, -0.2) is 32.6 Å².